The summed E-state index contributed by atoms with van der Waals surface area (Å²) in [7, 11) is 1.94. The SMILES string of the molecule is Cc1nn(C)c(Oc2cccnc2)c1CN1CC2(CCCC2)C1. The molecule has 1 aliphatic heterocycles. The van der Waals surface area contributed by atoms with Crippen LogP contribution in [0.1, 0.15) is 36.9 Å². The van der Waals surface area contributed by atoms with Crippen molar-refractivity contribution in [3.8, 4) is 11.6 Å². The molecule has 2 aliphatic rings. The van der Waals surface area contributed by atoms with E-state index in [1.54, 1.807) is 12.4 Å². The molecule has 0 bridgehead atoms. The summed E-state index contributed by atoms with van der Waals surface area (Å²) in [6.07, 6.45) is 9.14. The topological polar surface area (TPSA) is 43.2 Å². The zero-order valence-electron chi connectivity index (χ0n) is 14.0. The molecule has 122 valence electrons. The number of likely N-dealkylation sites (tertiary alicyclic amines) is 1. The van der Waals surface area contributed by atoms with E-state index in [0.717, 1.165) is 23.9 Å². The van der Waals surface area contributed by atoms with Crippen LogP contribution in [-0.2, 0) is 13.6 Å². The van der Waals surface area contributed by atoms with Crippen LogP contribution in [0.4, 0.5) is 0 Å². The quantitative estimate of drug-likeness (QED) is 0.869. The monoisotopic (exact) mass is 312 g/mol. The van der Waals surface area contributed by atoms with Gasteiger partial charge in [0.05, 0.1) is 17.5 Å². The lowest BCUT2D eigenvalue weighted by molar-refractivity contribution is -0.000777. The lowest BCUT2D eigenvalue weighted by Gasteiger charge is -2.48. The van der Waals surface area contributed by atoms with Crippen molar-refractivity contribution in [2.24, 2.45) is 12.5 Å². The number of hydrogen-bond donors (Lipinski definition) is 0. The highest BCUT2D eigenvalue weighted by Gasteiger charge is 2.44. The van der Waals surface area contributed by atoms with Gasteiger partial charge in [-0.25, -0.2) is 4.68 Å². The molecule has 2 aromatic heterocycles. The first-order chi connectivity index (χ1) is 11.2. The van der Waals surface area contributed by atoms with Crippen LogP contribution in [-0.4, -0.2) is 32.8 Å². The number of rotatable bonds is 4. The predicted molar refractivity (Wildman–Crippen MR) is 88.4 cm³/mol. The number of aryl methyl sites for hydroxylation is 2. The summed E-state index contributed by atoms with van der Waals surface area (Å²) >= 11 is 0. The third-order valence-corrected chi connectivity index (χ3v) is 5.30. The summed E-state index contributed by atoms with van der Waals surface area (Å²) in [5.74, 6) is 1.59. The van der Waals surface area contributed by atoms with E-state index in [4.69, 9.17) is 4.74 Å². The standard InChI is InChI=1S/C18H24N4O/c1-14-16(11-22-12-18(13-22)7-3-4-8-18)17(21(2)20-14)23-15-6-5-9-19-10-15/h5-6,9-10H,3-4,7-8,11-13H2,1-2H3. The number of ether oxygens (including phenoxy) is 1. The molecule has 0 radical (unpaired) electrons. The molecule has 23 heavy (non-hydrogen) atoms. The lowest BCUT2D eigenvalue weighted by Crippen LogP contribution is -2.54. The molecular formula is C18H24N4O. The molecule has 2 aromatic rings. The molecule has 0 atom stereocenters. The van der Waals surface area contributed by atoms with E-state index in [1.165, 1.54) is 44.3 Å². The van der Waals surface area contributed by atoms with Gasteiger partial charge in [0.15, 0.2) is 0 Å². The Morgan fingerprint density at radius 3 is 2.74 bits per heavy atom. The Morgan fingerprint density at radius 1 is 1.26 bits per heavy atom. The van der Waals surface area contributed by atoms with Crippen molar-refractivity contribution in [2.75, 3.05) is 13.1 Å². The fourth-order valence-corrected chi connectivity index (χ4v) is 4.19. The maximum atomic E-state index is 6.06. The Kier molecular flexibility index (Phi) is 3.60. The van der Waals surface area contributed by atoms with Crippen LogP contribution >= 0.6 is 0 Å². The second kappa shape index (κ2) is 5.64. The molecule has 1 saturated heterocycles. The molecule has 0 N–H and O–H groups in total. The highest BCUT2D eigenvalue weighted by molar-refractivity contribution is 5.35. The van der Waals surface area contributed by atoms with Gasteiger partial charge in [0.25, 0.3) is 0 Å². The Labute approximate surface area is 137 Å². The van der Waals surface area contributed by atoms with Gasteiger partial charge in [0, 0.05) is 32.9 Å². The van der Waals surface area contributed by atoms with Gasteiger partial charge >= 0.3 is 0 Å². The van der Waals surface area contributed by atoms with E-state index in [0.29, 0.717) is 5.41 Å². The smallest absolute Gasteiger partial charge is 0.222 e. The molecule has 1 saturated carbocycles. The highest BCUT2D eigenvalue weighted by Crippen LogP contribution is 2.46. The molecule has 2 fully saturated rings. The van der Waals surface area contributed by atoms with Crippen LogP contribution < -0.4 is 4.74 Å². The normalized spacial score (nSPS) is 19.9. The average molecular weight is 312 g/mol. The van der Waals surface area contributed by atoms with Gasteiger partial charge in [0.1, 0.15) is 5.75 Å². The molecule has 0 amide bonds. The van der Waals surface area contributed by atoms with Gasteiger partial charge < -0.3 is 4.74 Å². The van der Waals surface area contributed by atoms with Crippen LogP contribution in [0.15, 0.2) is 24.5 Å². The van der Waals surface area contributed by atoms with Gasteiger partial charge in [-0.05, 0) is 37.3 Å². The molecule has 3 heterocycles. The molecule has 0 aromatic carbocycles. The van der Waals surface area contributed by atoms with Crippen molar-refractivity contribution in [2.45, 2.75) is 39.2 Å². The van der Waals surface area contributed by atoms with E-state index in [-0.39, 0.29) is 0 Å². The van der Waals surface area contributed by atoms with E-state index in [1.807, 2.05) is 23.9 Å². The van der Waals surface area contributed by atoms with Crippen molar-refractivity contribution in [3.63, 3.8) is 0 Å². The Morgan fingerprint density at radius 2 is 2.04 bits per heavy atom. The van der Waals surface area contributed by atoms with Gasteiger partial charge in [-0.1, -0.05) is 12.8 Å². The first-order valence-corrected chi connectivity index (χ1v) is 8.48. The summed E-state index contributed by atoms with van der Waals surface area (Å²) in [6, 6.07) is 3.81. The van der Waals surface area contributed by atoms with Crippen LogP contribution in [0.25, 0.3) is 0 Å². The third-order valence-electron chi connectivity index (χ3n) is 5.30. The summed E-state index contributed by atoms with van der Waals surface area (Å²) in [6.45, 7) is 5.45. The Hall–Kier alpha value is -1.88. The summed E-state index contributed by atoms with van der Waals surface area (Å²) in [4.78, 5) is 6.65. The summed E-state index contributed by atoms with van der Waals surface area (Å²) in [5, 5.41) is 4.55. The minimum atomic E-state index is 0.625. The second-order valence-electron chi connectivity index (χ2n) is 7.14. The van der Waals surface area contributed by atoms with Crippen molar-refractivity contribution in [1.82, 2.24) is 19.7 Å². The number of aromatic nitrogens is 3. The van der Waals surface area contributed by atoms with Gasteiger partial charge in [-0.15, -0.1) is 0 Å². The molecule has 0 unspecified atom stereocenters. The molecule has 5 heteroatoms. The van der Waals surface area contributed by atoms with E-state index in [9.17, 15) is 0 Å². The predicted octanol–water partition coefficient (Wildman–Crippen LogP) is 3.29. The highest BCUT2D eigenvalue weighted by atomic mass is 16.5. The first kappa shape index (κ1) is 14.7. The van der Waals surface area contributed by atoms with Gasteiger partial charge in [0.2, 0.25) is 5.88 Å². The molecule has 1 spiro atoms. The molecule has 1 aliphatic carbocycles. The summed E-state index contributed by atoms with van der Waals surface area (Å²) in [5.41, 5.74) is 2.88. The van der Waals surface area contributed by atoms with Crippen molar-refractivity contribution >= 4 is 0 Å². The zero-order chi connectivity index (χ0) is 15.9. The fraction of sp³-hybridized carbons (Fsp3) is 0.556. The largest absolute Gasteiger partial charge is 0.437 e. The first-order valence-electron chi connectivity index (χ1n) is 8.48. The minimum absolute atomic E-state index is 0.625. The van der Waals surface area contributed by atoms with Crippen molar-refractivity contribution < 1.29 is 4.74 Å². The van der Waals surface area contributed by atoms with Crippen molar-refractivity contribution in [1.29, 1.82) is 0 Å². The minimum Gasteiger partial charge on any atom is -0.437 e. The van der Waals surface area contributed by atoms with E-state index >= 15 is 0 Å². The molecule has 5 nitrogen and oxygen atoms in total. The van der Waals surface area contributed by atoms with Gasteiger partial charge in [-0.3, -0.25) is 9.88 Å². The van der Waals surface area contributed by atoms with Crippen LogP contribution in [0.2, 0.25) is 0 Å². The van der Waals surface area contributed by atoms with E-state index in [2.05, 4.69) is 21.9 Å². The van der Waals surface area contributed by atoms with Crippen LogP contribution in [0.5, 0.6) is 11.6 Å². The second-order valence-corrected chi connectivity index (χ2v) is 7.14. The lowest BCUT2D eigenvalue weighted by atomic mass is 9.78. The van der Waals surface area contributed by atoms with Gasteiger partial charge in [-0.2, -0.15) is 5.10 Å². The van der Waals surface area contributed by atoms with Crippen LogP contribution in [0.3, 0.4) is 0 Å². The maximum absolute atomic E-state index is 6.06. The summed E-state index contributed by atoms with van der Waals surface area (Å²) < 4.78 is 7.89. The average Bonchev–Trinajstić information content (AvgIpc) is 3.09. The maximum Gasteiger partial charge on any atom is 0.222 e. The fourth-order valence-electron chi connectivity index (χ4n) is 4.19. The Bertz CT molecular complexity index is 681. The molecule has 4 rings (SSSR count). The van der Waals surface area contributed by atoms with Crippen LogP contribution in [0, 0.1) is 12.3 Å². The number of hydrogen-bond acceptors (Lipinski definition) is 4. The van der Waals surface area contributed by atoms with E-state index < -0.39 is 0 Å². The zero-order valence-corrected chi connectivity index (χ0v) is 14.0. The van der Waals surface area contributed by atoms with Crippen molar-refractivity contribution in [3.05, 3.63) is 35.8 Å². The Balaban J connectivity index is 1.50. The number of pyridine rings is 1. The number of nitrogens with zero attached hydrogens (tertiary/aromatic N) is 4. The third kappa shape index (κ3) is 2.74. The molecular weight excluding hydrogens is 288 g/mol.